The molecular weight excluding hydrogens is 212 g/mol. The molecule has 94 valence electrons. The van der Waals surface area contributed by atoms with E-state index in [1.807, 2.05) is 12.3 Å². The van der Waals surface area contributed by atoms with Gasteiger partial charge >= 0.3 is 0 Å². The number of aliphatic hydroxyl groups excluding tert-OH is 1. The highest BCUT2D eigenvalue weighted by atomic mass is 16.3. The predicted octanol–water partition coefficient (Wildman–Crippen LogP) is 1.98. The smallest absolute Gasteiger partial charge is 0.0580 e. The minimum absolute atomic E-state index is 0.0951. The van der Waals surface area contributed by atoms with E-state index < -0.39 is 0 Å². The highest BCUT2D eigenvalue weighted by molar-refractivity contribution is 5.17. The van der Waals surface area contributed by atoms with Gasteiger partial charge in [0.05, 0.1) is 11.8 Å². The fourth-order valence-corrected chi connectivity index (χ4v) is 2.63. The molecule has 2 unspecified atom stereocenters. The van der Waals surface area contributed by atoms with Crippen LogP contribution in [0.25, 0.3) is 0 Å². The lowest BCUT2D eigenvalue weighted by atomic mass is 10.1. The molecule has 3 nitrogen and oxygen atoms in total. The summed E-state index contributed by atoms with van der Waals surface area (Å²) in [5.41, 5.74) is 2.38. The van der Waals surface area contributed by atoms with Crippen LogP contribution in [-0.2, 0) is 6.54 Å². The zero-order valence-electron chi connectivity index (χ0n) is 10.8. The van der Waals surface area contributed by atoms with Crippen molar-refractivity contribution in [1.29, 1.82) is 0 Å². The van der Waals surface area contributed by atoms with Crippen LogP contribution >= 0.6 is 0 Å². The molecule has 17 heavy (non-hydrogen) atoms. The lowest BCUT2D eigenvalue weighted by Crippen LogP contribution is -2.30. The number of nitrogens with zero attached hydrogens (tertiary/aromatic N) is 2. The van der Waals surface area contributed by atoms with Gasteiger partial charge < -0.3 is 10.0 Å². The second-order valence-corrected chi connectivity index (χ2v) is 5.22. The Kier molecular flexibility index (Phi) is 4.13. The maximum absolute atomic E-state index is 9.82. The Morgan fingerprint density at radius 1 is 1.47 bits per heavy atom. The lowest BCUT2D eigenvalue weighted by Gasteiger charge is -2.23. The van der Waals surface area contributed by atoms with Crippen molar-refractivity contribution in [3.63, 3.8) is 0 Å². The Hall–Kier alpha value is -0.930. The molecule has 1 N–H and O–H groups in total. The molecule has 0 bridgehead atoms. The van der Waals surface area contributed by atoms with Gasteiger partial charge in [0.1, 0.15) is 0 Å². The molecule has 0 aliphatic heterocycles. The second-order valence-electron chi connectivity index (χ2n) is 5.22. The average molecular weight is 234 g/mol. The Labute approximate surface area is 103 Å². The Morgan fingerprint density at radius 2 is 2.29 bits per heavy atom. The minimum Gasteiger partial charge on any atom is -0.393 e. The summed E-state index contributed by atoms with van der Waals surface area (Å²) in [5, 5.41) is 9.82. The number of hydrogen-bond donors (Lipinski definition) is 1. The van der Waals surface area contributed by atoms with Crippen molar-refractivity contribution < 1.29 is 5.11 Å². The van der Waals surface area contributed by atoms with E-state index in [4.69, 9.17) is 0 Å². The van der Waals surface area contributed by atoms with Crippen molar-refractivity contribution >= 4 is 0 Å². The molecule has 1 aromatic rings. The van der Waals surface area contributed by atoms with Crippen LogP contribution in [0.5, 0.6) is 0 Å². The van der Waals surface area contributed by atoms with Crippen LogP contribution in [0.1, 0.15) is 30.5 Å². The van der Waals surface area contributed by atoms with Gasteiger partial charge in [-0.05, 0) is 44.4 Å². The quantitative estimate of drug-likeness (QED) is 0.865. The summed E-state index contributed by atoms with van der Waals surface area (Å²) in [5.74, 6) is 0.448. The highest BCUT2D eigenvalue weighted by Gasteiger charge is 2.26. The molecule has 0 aromatic carbocycles. The molecule has 0 saturated heterocycles. The van der Waals surface area contributed by atoms with E-state index in [0.717, 1.165) is 31.6 Å². The number of aliphatic hydroxyl groups is 1. The Balaban J connectivity index is 1.89. The van der Waals surface area contributed by atoms with E-state index in [0.29, 0.717) is 5.92 Å². The topological polar surface area (TPSA) is 36.4 Å². The van der Waals surface area contributed by atoms with Crippen LogP contribution < -0.4 is 0 Å². The van der Waals surface area contributed by atoms with Gasteiger partial charge in [0.15, 0.2) is 0 Å². The first kappa shape index (κ1) is 12.5. The van der Waals surface area contributed by atoms with Crippen molar-refractivity contribution in [2.45, 2.75) is 38.8 Å². The molecular formula is C14H22N2O. The molecule has 0 spiro atoms. The summed E-state index contributed by atoms with van der Waals surface area (Å²) >= 11 is 0. The van der Waals surface area contributed by atoms with E-state index in [1.54, 1.807) is 0 Å². The van der Waals surface area contributed by atoms with Crippen molar-refractivity contribution in [1.82, 2.24) is 9.88 Å². The molecule has 1 aromatic heterocycles. The first-order chi connectivity index (χ1) is 8.16. The van der Waals surface area contributed by atoms with Gasteiger partial charge in [-0.15, -0.1) is 0 Å². The van der Waals surface area contributed by atoms with Crippen LogP contribution in [0, 0.1) is 12.8 Å². The standard InChI is InChI=1S/C14H22N2O/c1-11-5-4-8-15-13(11)10-16(2)9-12-6-3-7-14(12)17/h4-5,8,12,14,17H,3,6-7,9-10H2,1-2H3. The summed E-state index contributed by atoms with van der Waals surface area (Å²) < 4.78 is 0. The number of aryl methyl sites for hydroxylation is 1. The highest BCUT2D eigenvalue weighted by Crippen LogP contribution is 2.26. The lowest BCUT2D eigenvalue weighted by molar-refractivity contribution is 0.107. The first-order valence-corrected chi connectivity index (χ1v) is 6.44. The van der Waals surface area contributed by atoms with Crippen LogP contribution in [0.2, 0.25) is 0 Å². The van der Waals surface area contributed by atoms with Crippen LogP contribution in [0.15, 0.2) is 18.3 Å². The summed E-state index contributed by atoms with van der Waals surface area (Å²) in [6.07, 6.45) is 5.05. The fourth-order valence-electron chi connectivity index (χ4n) is 2.63. The summed E-state index contributed by atoms with van der Waals surface area (Å²) in [6, 6.07) is 4.07. The van der Waals surface area contributed by atoms with E-state index in [2.05, 4.69) is 29.9 Å². The number of rotatable bonds is 4. The Bertz CT molecular complexity index is 367. The predicted molar refractivity (Wildman–Crippen MR) is 68.7 cm³/mol. The van der Waals surface area contributed by atoms with Gasteiger partial charge in [0.25, 0.3) is 0 Å². The molecule has 1 saturated carbocycles. The molecule has 0 radical (unpaired) electrons. The zero-order valence-corrected chi connectivity index (χ0v) is 10.8. The van der Waals surface area contributed by atoms with Crippen LogP contribution in [0.4, 0.5) is 0 Å². The Morgan fingerprint density at radius 3 is 2.94 bits per heavy atom. The van der Waals surface area contributed by atoms with Gasteiger partial charge in [-0.3, -0.25) is 4.98 Å². The summed E-state index contributed by atoms with van der Waals surface area (Å²) in [4.78, 5) is 6.68. The molecule has 1 aliphatic rings. The SMILES string of the molecule is Cc1cccnc1CN(C)CC1CCCC1O. The summed E-state index contributed by atoms with van der Waals surface area (Å²) in [6.45, 7) is 3.94. The van der Waals surface area contributed by atoms with E-state index in [9.17, 15) is 5.11 Å². The van der Waals surface area contributed by atoms with Crippen molar-refractivity contribution in [2.75, 3.05) is 13.6 Å². The number of pyridine rings is 1. The maximum atomic E-state index is 9.82. The fraction of sp³-hybridized carbons (Fsp3) is 0.643. The average Bonchev–Trinajstić information content (AvgIpc) is 2.68. The first-order valence-electron chi connectivity index (χ1n) is 6.44. The van der Waals surface area contributed by atoms with Crippen LogP contribution in [0.3, 0.4) is 0 Å². The number of aromatic nitrogens is 1. The molecule has 1 heterocycles. The monoisotopic (exact) mass is 234 g/mol. The molecule has 0 amide bonds. The molecule has 3 heteroatoms. The van der Waals surface area contributed by atoms with Gasteiger partial charge in [-0.1, -0.05) is 12.5 Å². The molecule has 2 atom stereocenters. The van der Waals surface area contributed by atoms with Gasteiger partial charge in [-0.25, -0.2) is 0 Å². The zero-order chi connectivity index (χ0) is 12.3. The van der Waals surface area contributed by atoms with Gasteiger partial charge in [0, 0.05) is 19.3 Å². The minimum atomic E-state index is -0.0951. The van der Waals surface area contributed by atoms with E-state index >= 15 is 0 Å². The summed E-state index contributed by atoms with van der Waals surface area (Å²) in [7, 11) is 2.11. The van der Waals surface area contributed by atoms with Crippen molar-refractivity contribution in [2.24, 2.45) is 5.92 Å². The van der Waals surface area contributed by atoms with Crippen LogP contribution in [-0.4, -0.2) is 34.7 Å². The third-order valence-corrected chi connectivity index (χ3v) is 3.70. The van der Waals surface area contributed by atoms with Crippen molar-refractivity contribution in [3.05, 3.63) is 29.6 Å². The second kappa shape index (κ2) is 5.61. The van der Waals surface area contributed by atoms with Gasteiger partial charge in [-0.2, -0.15) is 0 Å². The third kappa shape index (κ3) is 3.27. The van der Waals surface area contributed by atoms with Gasteiger partial charge in [0.2, 0.25) is 0 Å². The molecule has 2 rings (SSSR count). The van der Waals surface area contributed by atoms with E-state index in [-0.39, 0.29) is 6.10 Å². The van der Waals surface area contributed by atoms with E-state index in [1.165, 1.54) is 12.0 Å². The number of hydrogen-bond acceptors (Lipinski definition) is 3. The largest absolute Gasteiger partial charge is 0.393 e. The molecule has 1 fully saturated rings. The third-order valence-electron chi connectivity index (χ3n) is 3.70. The van der Waals surface area contributed by atoms with Crippen molar-refractivity contribution in [3.8, 4) is 0 Å². The normalized spacial score (nSPS) is 24.5. The molecule has 1 aliphatic carbocycles. The maximum Gasteiger partial charge on any atom is 0.0580 e.